The van der Waals surface area contributed by atoms with Crippen LogP contribution >= 0.6 is 0 Å². The normalized spacial score (nSPS) is 12.3. The molecule has 1 aromatic heterocycles. The van der Waals surface area contributed by atoms with Crippen LogP contribution in [-0.2, 0) is 16.1 Å². The van der Waals surface area contributed by atoms with Gasteiger partial charge in [-0.2, -0.15) is 5.10 Å². The van der Waals surface area contributed by atoms with E-state index in [9.17, 15) is 9.59 Å². The number of nitrogens with zero attached hydrogens (tertiary/aromatic N) is 2. The molecule has 100 valence electrons. The highest BCUT2D eigenvalue weighted by Gasteiger charge is 2.18. The van der Waals surface area contributed by atoms with Crippen molar-refractivity contribution < 1.29 is 14.7 Å². The Morgan fingerprint density at radius 3 is 2.84 bits per heavy atom. The lowest BCUT2D eigenvalue weighted by molar-refractivity contribution is -0.142. The average Bonchev–Trinajstić information content (AvgIpc) is 2.79. The number of carbonyl (C=O) groups is 2. The standard InChI is InChI=1S/C13H15N3O3/c1-2-10(13(18)19)15-12(17)8-16-11-6-4-3-5-9(11)7-14-16/h3-7,10H,2,8H2,1H3,(H,15,17)(H,18,19). The lowest BCUT2D eigenvalue weighted by Gasteiger charge is -2.12. The molecule has 1 atom stereocenters. The summed E-state index contributed by atoms with van der Waals surface area (Å²) in [5.74, 6) is -1.38. The van der Waals surface area contributed by atoms with Gasteiger partial charge in [-0.3, -0.25) is 9.48 Å². The first-order valence-electron chi connectivity index (χ1n) is 6.04. The fourth-order valence-corrected chi connectivity index (χ4v) is 1.87. The molecule has 0 saturated heterocycles. The van der Waals surface area contributed by atoms with Gasteiger partial charge in [-0.1, -0.05) is 25.1 Å². The topological polar surface area (TPSA) is 84.2 Å². The van der Waals surface area contributed by atoms with Crippen LogP contribution in [0.25, 0.3) is 10.9 Å². The van der Waals surface area contributed by atoms with Crippen molar-refractivity contribution in [3.63, 3.8) is 0 Å². The molecule has 0 spiro atoms. The van der Waals surface area contributed by atoms with Crippen LogP contribution in [0.5, 0.6) is 0 Å². The number of rotatable bonds is 5. The minimum Gasteiger partial charge on any atom is -0.480 e. The second kappa shape index (κ2) is 5.51. The number of aliphatic carboxylic acids is 1. The van der Waals surface area contributed by atoms with Gasteiger partial charge in [0.25, 0.3) is 0 Å². The fraction of sp³-hybridized carbons (Fsp3) is 0.308. The predicted octanol–water partition coefficient (Wildman–Crippen LogP) is 1.02. The number of aromatic nitrogens is 2. The second-order valence-corrected chi connectivity index (χ2v) is 4.23. The molecule has 6 nitrogen and oxygen atoms in total. The van der Waals surface area contributed by atoms with Gasteiger partial charge in [0.1, 0.15) is 12.6 Å². The maximum atomic E-state index is 11.8. The number of carboxylic acids is 1. The molecule has 6 heteroatoms. The van der Waals surface area contributed by atoms with Crippen molar-refractivity contribution in [1.82, 2.24) is 15.1 Å². The molecule has 2 aromatic rings. The Bertz CT molecular complexity index is 606. The number of benzene rings is 1. The summed E-state index contributed by atoms with van der Waals surface area (Å²) in [7, 11) is 0. The van der Waals surface area contributed by atoms with Gasteiger partial charge in [-0.15, -0.1) is 0 Å². The summed E-state index contributed by atoms with van der Waals surface area (Å²) in [5.41, 5.74) is 0.848. The van der Waals surface area contributed by atoms with E-state index in [-0.39, 0.29) is 12.5 Å². The van der Waals surface area contributed by atoms with Gasteiger partial charge in [0.15, 0.2) is 0 Å². The summed E-state index contributed by atoms with van der Waals surface area (Å²) in [6, 6.07) is 6.68. The molecule has 0 bridgehead atoms. The average molecular weight is 261 g/mol. The predicted molar refractivity (Wildman–Crippen MR) is 69.6 cm³/mol. The Hall–Kier alpha value is -2.37. The van der Waals surface area contributed by atoms with Gasteiger partial charge in [0, 0.05) is 5.39 Å². The second-order valence-electron chi connectivity index (χ2n) is 4.23. The molecule has 1 heterocycles. The van der Waals surface area contributed by atoms with E-state index in [1.807, 2.05) is 24.3 Å². The highest BCUT2D eigenvalue weighted by molar-refractivity contribution is 5.85. The Kier molecular flexibility index (Phi) is 3.79. The van der Waals surface area contributed by atoms with Crippen LogP contribution in [0.3, 0.4) is 0 Å². The zero-order chi connectivity index (χ0) is 13.8. The zero-order valence-corrected chi connectivity index (χ0v) is 10.5. The van der Waals surface area contributed by atoms with E-state index in [1.165, 1.54) is 0 Å². The van der Waals surface area contributed by atoms with E-state index in [0.29, 0.717) is 6.42 Å². The molecule has 0 aliphatic rings. The molecule has 0 aliphatic heterocycles. The van der Waals surface area contributed by atoms with Crippen LogP contribution in [0.2, 0.25) is 0 Å². The first kappa shape index (κ1) is 13.1. The van der Waals surface area contributed by atoms with Crippen LogP contribution in [-0.4, -0.2) is 32.8 Å². The lowest BCUT2D eigenvalue weighted by atomic mass is 10.2. The Balaban J connectivity index is 2.09. The van der Waals surface area contributed by atoms with Crippen LogP contribution in [0, 0.1) is 0 Å². The lowest BCUT2D eigenvalue weighted by Crippen LogP contribution is -2.41. The highest BCUT2D eigenvalue weighted by Crippen LogP contribution is 2.12. The molecular weight excluding hydrogens is 246 g/mol. The Morgan fingerprint density at radius 2 is 2.16 bits per heavy atom. The van der Waals surface area contributed by atoms with Gasteiger partial charge in [0.2, 0.25) is 5.91 Å². The van der Waals surface area contributed by atoms with Crippen molar-refractivity contribution in [3.05, 3.63) is 30.5 Å². The summed E-state index contributed by atoms with van der Waals surface area (Å²) in [5, 5.41) is 16.4. The molecule has 0 aliphatic carbocycles. The molecule has 0 radical (unpaired) electrons. The molecule has 0 saturated carbocycles. The zero-order valence-electron chi connectivity index (χ0n) is 10.5. The number of para-hydroxylation sites is 1. The van der Waals surface area contributed by atoms with Crippen molar-refractivity contribution in [2.75, 3.05) is 0 Å². The third-order valence-electron chi connectivity index (χ3n) is 2.89. The first-order chi connectivity index (χ1) is 9.11. The molecule has 1 amide bonds. The maximum absolute atomic E-state index is 11.8. The number of carbonyl (C=O) groups excluding carboxylic acids is 1. The van der Waals surface area contributed by atoms with Crippen LogP contribution in [0.4, 0.5) is 0 Å². The number of carboxylic acid groups (broad SMARTS) is 1. The summed E-state index contributed by atoms with van der Waals surface area (Å²) in [6.45, 7) is 1.72. The Labute approximate surface area is 110 Å². The third kappa shape index (κ3) is 2.90. The molecule has 1 unspecified atom stereocenters. The summed E-state index contributed by atoms with van der Waals surface area (Å²) in [4.78, 5) is 22.6. The minimum absolute atomic E-state index is 0.0112. The van der Waals surface area contributed by atoms with Gasteiger partial charge in [-0.25, -0.2) is 4.79 Å². The van der Waals surface area contributed by atoms with Crippen LogP contribution in [0.1, 0.15) is 13.3 Å². The van der Waals surface area contributed by atoms with Gasteiger partial charge >= 0.3 is 5.97 Å². The smallest absolute Gasteiger partial charge is 0.326 e. The number of hydrogen-bond acceptors (Lipinski definition) is 3. The van der Waals surface area contributed by atoms with Crippen LogP contribution < -0.4 is 5.32 Å². The molecule has 1 aromatic carbocycles. The first-order valence-corrected chi connectivity index (χ1v) is 6.04. The van der Waals surface area contributed by atoms with E-state index in [2.05, 4.69) is 10.4 Å². The highest BCUT2D eigenvalue weighted by atomic mass is 16.4. The Morgan fingerprint density at radius 1 is 1.42 bits per heavy atom. The monoisotopic (exact) mass is 261 g/mol. The molecule has 2 N–H and O–H groups in total. The minimum atomic E-state index is -1.03. The van der Waals surface area contributed by atoms with Gasteiger partial charge in [-0.05, 0) is 12.5 Å². The summed E-state index contributed by atoms with van der Waals surface area (Å²) >= 11 is 0. The number of nitrogens with one attached hydrogen (secondary N) is 1. The van der Waals surface area contributed by atoms with E-state index in [0.717, 1.165) is 10.9 Å². The van der Waals surface area contributed by atoms with E-state index < -0.39 is 12.0 Å². The van der Waals surface area contributed by atoms with E-state index in [1.54, 1.807) is 17.8 Å². The molecule has 0 fully saturated rings. The van der Waals surface area contributed by atoms with Crippen molar-refractivity contribution in [2.24, 2.45) is 0 Å². The number of fused-ring (bicyclic) bond motifs is 1. The van der Waals surface area contributed by atoms with Gasteiger partial charge in [0.05, 0.1) is 11.7 Å². The van der Waals surface area contributed by atoms with E-state index >= 15 is 0 Å². The largest absolute Gasteiger partial charge is 0.480 e. The molecule has 19 heavy (non-hydrogen) atoms. The van der Waals surface area contributed by atoms with Crippen molar-refractivity contribution in [2.45, 2.75) is 25.9 Å². The molecule has 2 rings (SSSR count). The molecular formula is C13H15N3O3. The van der Waals surface area contributed by atoms with Crippen molar-refractivity contribution in [1.29, 1.82) is 0 Å². The maximum Gasteiger partial charge on any atom is 0.326 e. The van der Waals surface area contributed by atoms with Crippen LogP contribution in [0.15, 0.2) is 30.5 Å². The van der Waals surface area contributed by atoms with Crippen molar-refractivity contribution in [3.8, 4) is 0 Å². The quantitative estimate of drug-likeness (QED) is 0.841. The summed E-state index contributed by atoms with van der Waals surface area (Å²) < 4.78 is 1.55. The SMILES string of the molecule is CCC(NC(=O)Cn1ncc2ccccc21)C(=O)O. The summed E-state index contributed by atoms with van der Waals surface area (Å²) in [6.07, 6.45) is 2.03. The van der Waals surface area contributed by atoms with Gasteiger partial charge < -0.3 is 10.4 Å². The fourth-order valence-electron chi connectivity index (χ4n) is 1.87. The number of hydrogen-bond donors (Lipinski definition) is 2. The third-order valence-corrected chi connectivity index (χ3v) is 2.89. The number of amides is 1. The van der Waals surface area contributed by atoms with E-state index in [4.69, 9.17) is 5.11 Å². The van der Waals surface area contributed by atoms with Crippen molar-refractivity contribution >= 4 is 22.8 Å².